The minimum Gasteiger partial charge on any atom is -0.387 e. The summed E-state index contributed by atoms with van der Waals surface area (Å²) < 4.78 is 0. The molecule has 0 amide bonds. The molecule has 0 spiro atoms. The SMILES string of the molecule is CCCC1CNC2=C1C(=O)CCC2. The van der Waals surface area contributed by atoms with Crippen molar-refractivity contribution in [2.45, 2.75) is 39.0 Å². The average Bonchev–Trinajstić information content (AvgIpc) is 2.51. The van der Waals surface area contributed by atoms with Crippen LogP contribution in [0, 0.1) is 5.92 Å². The summed E-state index contributed by atoms with van der Waals surface area (Å²) >= 11 is 0. The van der Waals surface area contributed by atoms with E-state index in [-0.39, 0.29) is 0 Å². The van der Waals surface area contributed by atoms with E-state index >= 15 is 0 Å². The van der Waals surface area contributed by atoms with E-state index in [1.807, 2.05) is 0 Å². The zero-order valence-electron chi connectivity index (χ0n) is 8.23. The molecule has 1 N–H and O–H groups in total. The topological polar surface area (TPSA) is 29.1 Å². The number of carbonyl (C=O) groups excluding carboxylic acids is 1. The van der Waals surface area contributed by atoms with Crippen molar-refractivity contribution < 1.29 is 4.79 Å². The number of hydrogen-bond acceptors (Lipinski definition) is 2. The summed E-state index contributed by atoms with van der Waals surface area (Å²) in [6.07, 6.45) is 5.26. The summed E-state index contributed by atoms with van der Waals surface area (Å²) in [7, 11) is 0. The number of carbonyl (C=O) groups is 1. The highest BCUT2D eigenvalue weighted by Gasteiger charge is 2.31. The number of Topliss-reactive ketones (excluding diaryl/α,β-unsaturated/α-hetero) is 1. The lowest BCUT2D eigenvalue weighted by Crippen LogP contribution is -2.15. The van der Waals surface area contributed by atoms with Crippen molar-refractivity contribution in [1.29, 1.82) is 0 Å². The standard InChI is InChI=1S/C11H17NO/c1-2-4-8-7-12-9-5-3-6-10(13)11(8)9/h8,12H,2-7H2,1H3. The van der Waals surface area contributed by atoms with Gasteiger partial charge in [-0.2, -0.15) is 0 Å². The first kappa shape index (κ1) is 8.79. The van der Waals surface area contributed by atoms with Crippen LogP contribution in [0.25, 0.3) is 0 Å². The molecule has 2 aliphatic rings. The van der Waals surface area contributed by atoms with E-state index in [0.717, 1.165) is 37.8 Å². The van der Waals surface area contributed by atoms with E-state index < -0.39 is 0 Å². The van der Waals surface area contributed by atoms with Crippen molar-refractivity contribution in [3.05, 3.63) is 11.3 Å². The molecule has 1 aliphatic heterocycles. The van der Waals surface area contributed by atoms with Crippen LogP contribution in [0.3, 0.4) is 0 Å². The summed E-state index contributed by atoms with van der Waals surface area (Å²) in [5, 5.41) is 3.38. The largest absolute Gasteiger partial charge is 0.387 e. The molecule has 1 unspecified atom stereocenters. The van der Waals surface area contributed by atoms with Gasteiger partial charge in [0.2, 0.25) is 0 Å². The second kappa shape index (κ2) is 3.52. The first-order chi connectivity index (χ1) is 6.33. The normalized spacial score (nSPS) is 27.5. The predicted octanol–water partition coefficient (Wildman–Crippen LogP) is 2.01. The van der Waals surface area contributed by atoms with Crippen LogP contribution >= 0.6 is 0 Å². The predicted molar refractivity (Wildman–Crippen MR) is 52.3 cm³/mol. The van der Waals surface area contributed by atoms with Gasteiger partial charge in [-0.3, -0.25) is 4.79 Å². The molecular formula is C11H17NO. The lowest BCUT2D eigenvalue weighted by Gasteiger charge is -2.15. The Hall–Kier alpha value is -0.790. The minimum absolute atomic E-state index is 0.407. The lowest BCUT2D eigenvalue weighted by molar-refractivity contribution is -0.116. The molecule has 0 aromatic carbocycles. The van der Waals surface area contributed by atoms with Crippen molar-refractivity contribution in [3.8, 4) is 0 Å². The maximum Gasteiger partial charge on any atom is 0.160 e. The molecule has 2 nitrogen and oxygen atoms in total. The van der Waals surface area contributed by atoms with Gasteiger partial charge >= 0.3 is 0 Å². The molecule has 0 fully saturated rings. The van der Waals surface area contributed by atoms with Crippen molar-refractivity contribution in [2.24, 2.45) is 5.92 Å². The van der Waals surface area contributed by atoms with Crippen LogP contribution in [0.2, 0.25) is 0 Å². The van der Waals surface area contributed by atoms with Crippen molar-refractivity contribution in [3.63, 3.8) is 0 Å². The maximum atomic E-state index is 11.7. The van der Waals surface area contributed by atoms with Gasteiger partial charge in [0, 0.05) is 30.2 Å². The summed E-state index contributed by atoms with van der Waals surface area (Å²) in [4.78, 5) is 11.7. The summed E-state index contributed by atoms with van der Waals surface area (Å²) in [5.74, 6) is 0.928. The fourth-order valence-corrected chi connectivity index (χ4v) is 2.46. The van der Waals surface area contributed by atoms with Crippen LogP contribution in [-0.2, 0) is 4.79 Å². The molecule has 72 valence electrons. The molecule has 0 saturated heterocycles. The quantitative estimate of drug-likeness (QED) is 0.702. The first-order valence-electron chi connectivity index (χ1n) is 5.33. The molecular weight excluding hydrogens is 162 g/mol. The van der Waals surface area contributed by atoms with Crippen molar-refractivity contribution in [1.82, 2.24) is 5.32 Å². The summed E-state index contributed by atoms with van der Waals surface area (Å²) in [5.41, 5.74) is 2.41. The molecule has 1 atom stereocenters. The Balaban J connectivity index is 2.18. The minimum atomic E-state index is 0.407. The smallest absolute Gasteiger partial charge is 0.160 e. The number of allylic oxidation sites excluding steroid dienone is 1. The first-order valence-corrected chi connectivity index (χ1v) is 5.33. The van der Waals surface area contributed by atoms with E-state index in [2.05, 4.69) is 12.2 Å². The van der Waals surface area contributed by atoms with Gasteiger partial charge in [0.05, 0.1) is 0 Å². The molecule has 0 aromatic heterocycles. The Kier molecular flexibility index (Phi) is 2.38. The highest BCUT2D eigenvalue weighted by Crippen LogP contribution is 2.32. The maximum absolute atomic E-state index is 11.7. The second-order valence-corrected chi connectivity index (χ2v) is 4.04. The average molecular weight is 179 g/mol. The fraction of sp³-hybridized carbons (Fsp3) is 0.727. The Labute approximate surface area is 79.4 Å². The molecule has 0 bridgehead atoms. The molecule has 13 heavy (non-hydrogen) atoms. The van der Waals surface area contributed by atoms with Gasteiger partial charge in [0.1, 0.15) is 0 Å². The molecule has 0 radical (unpaired) electrons. The summed E-state index contributed by atoms with van der Waals surface area (Å²) in [6, 6.07) is 0. The third kappa shape index (κ3) is 1.50. The number of hydrogen-bond donors (Lipinski definition) is 1. The van der Waals surface area contributed by atoms with Crippen LogP contribution in [0.4, 0.5) is 0 Å². The monoisotopic (exact) mass is 179 g/mol. The van der Waals surface area contributed by atoms with Crippen LogP contribution in [0.5, 0.6) is 0 Å². The van der Waals surface area contributed by atoms with Crippen molar-refractivity contribution in [2.75, 3.05) is 6.54 Å². The van der Waals surface area contributed by atoms with E-state index in [1.54, 1.807) is 0 Å². The van der Waals surface area contributed by atoms with Gasteiger partial charge < -0.3 is 5.32 Å². The Morgan fingerprint density at radius 3 is 3.08 bits per heavy atom. The lowest BCUT2D eigenvalue weighted by atomic mass is 9.87. The molecule has 1 aliphatic carbocycles. The number of ketones is 1. The highest BCUT2D eigenvalue weighted by atomic mass is 16.1. The van der Waals surface area contributed by atoms with Gasteiger partial charge in [-0.25, -0.2) is 0 Å². The number of nitrogens with one attached hydrogen (secondary N) is 1. The van der Waals surface area contributed by atoms with Gasteiger partial charge in [0.25, 0.3) is 0 Å². The van der Waals surface area contributed by atoms with Gasteiger partial charge in [-0.05, 0) is 19.3 Å². The van der Waals surface area contributed by atoms with E-state index in [9.17, 15) is 4.79 Å². The third-order valence-corrected chi connectivity index (χ3v) is 3.06. The van der Waals surface area contributed by atoms with Crippen LogP contribution in [-0.4, -0.2) is 12.3 Å². The van der Waals surface area contributed by atoms with Crippen LogP contribution in [0.1, 0.15) is 39.0 Å². The molecule has 0 saturated carbocycles. The second-order valence-electron chi connectivity index (χ2n) is 4.04. The zero-order valence-corrected chi connectivity index (χ0v) is 8.23. The molecule has 0 aromatic rings. The summed E-state index contributed by atoms with van der Waals surface area (Å²) in [6.45, 7) is 3.19. The highest BCUT2D eigenvalue weighted by molar-refractivity contribution is 5.97. The zero-order chi connectivity index (χ0) is 9.26. The fourth-order valence-electron chi connectivity index (χ4n) is 2.46. The van der Waals surface area contributed by atoms with E-state index in [0.29, 0.717) is 11.7 Å². The van der Waals surface area contributed by atoms with E-state index in [4.69, 9.17) is 0 Å². The third-order valence-electron chi connectivity index (χ3n) is 3.06. The Bertz CT molecular complexity index is 255. The van der Waals surface area contributed by atoms with Gasteiger partial charge in [-0.1, -0.05) is 13.3 Å². The van der Waals surface area contributed by atoms with Crippen molar-refractivity contribution >= 4 is 5.78 Å². The Morgan fingerprint density at radius 1 is 1.46 bits per heavy atom. The number of rotatable bonds is 2. The molecule has 2 heteroatoms. The van der Waals surface area contributed by atoms with Crippen LogP contribution < -0.4 is 5.32 Å². The van der Waals surface area contributed by atoms with Gasteiger partial charge in [0.15, 0.2) is 5.78 Å². The molecule has 2 rings (SSSR count). The van der Waals surface area contributed by atoms with Crippen LogP contribution in [0.15, 0.2) is 11.3 Å². The van der Waals surface area contributed by atoms with Gasteiger partial charge in [-0.15, -0.1) is 0 Å². The Morgan fingerprint density at radius 2 is 2.31 bits per heavy atom. The van der Waals surface area contributed by atoms with E-state index in [1.165, 1.54) is 12.1 Å². The molecule has 1 heterocycles.